The summed E-state index contributed by atoms with van der Waals surface area (Å²) in [4.78, 5) is 11.3. The number of carbonyl (C=O) groups is 1. The Morgan fingerprint density at radius 3 is 2.81 bits per heavy atom. The van der Waals surface area contributed by atoms with Crippen molar-refractivity contribution in [1.82, 2.24) is 0 Å². The summed E-state index contributed by atoms with van der Waals surface area (Å²) in [7, 11) is 2.87. The molecule has 0 fully saturated rings. The first-order valence-electron chi connectivity index (χ1n) is 5.99. The Hall–Kier alpha value is -1.66. The van der Waals surface area contributed by atoms with Crippen molar-refractivity contribution in [3.63, 3.8) is 0 Å². The molecule has 0 aliphatic rings. The van der Waals surface area contributed by atoms with E-state index in [0.717, 1.165) is 4.47 Å². The van der Waals surface area contributed by atoms with E-state index < -0.39 is 5.97 Å². The summed E-state index contributed by atoms with van der Waals surface area (Å²) in [5.74, 6) is 0.880. The molecular weight excluding hydrogens is 362 g/mol. The maximum Gasteiger partial charge on any atom is 0.373 e. The molecule has 1 aromatic carbocycles. The van der Waals surface area contributed by atoms with Gasteiger partial charge in [-0.25, -0.2) is 4.79 Å². The van der Waals surface area contributed by atoms with Gasteiger partial charge in [0.05, 0.1) is 30.9 Å². The zero-order valence-electron chi connectivity index (χ0n) is 11.4. The van der Waals surface area contributed by atoms with Crippen LogP contribution < -0.4 is 10.1 Å². The van der Waals surface area contributed by atoms with Crippen molar-refractivity contribution in [3.05, 3.63) is 45.3 Å². The lowest BCUT2D eigenvalue weighted by Crippen LogP contribution is -2.02. The van der Waals surface area contributed by atoms with Gasteiger partial charge < -0.3 is 19.2 Å². The Morgan fingerprint density at radius 1 is 1.38 bits per heavy atom. The molecule has 0 aliphatic heterocycles. The molecular formula is C14H13BrClNO4. The van der Waals surface area contributed by atoms with Crippen LogP contribution in [0, 0.1) is 0 Å². The third-order valence-corrected chi connectivity index (χ3v) is 3.52. The van der Waals surface area contributed by atoms with E-state index in [1.54, 1.807) is 31.4 Å². The molecule has 0 saturated heterocycles. The van der Waals surface area contributed by atoms with Gasteiger partial charge >= 0.3 is 5.97 Å². The van der Waals surface area contributed by atoms with Gasteiger partial charge in [0.15, 0.2) is 5.75 Å². The summed E-state index contributed by atoms with van der Waals surface area (Å²) in [5.41, 5.74) is 0.716. The van der Waals surface area contributed by atoms with Crippen LogP contribution in [0.2, 0.25) is 5.02 Å². The average Bonchev–Trinajstić information content (AvgIpc) is 2.92. The smallest absolute Gasteiger partial charge is 0.373 e. The van der Waals surface area contributed by atoms with Crippen LogP contribution in [-0.2, 0) is 11.3 Å². The summed E-state index contributed by atoms with van der Waals surface area (Å²) in [5, 5.41) is 3.72. The summed E-state index contributed by atoms with van der Waals surface area (Å²) in [6.45, 7) is 0.375. The molecule has 2 rings (SSSR count). The molecule has 5 nitrogen and oxygen atoms in total. The van der Waals surface area contributed by atoms with Gasteiger partial charge in [0.2, 0.25) is 5.76 Å². The van der Waals surface area contributed by atoms with E-state index in [0.29, 0.717) is 28.8 Å². The highest BCUT2D eigenvalue weighted by atomic mass is 79.9. The van der Waals surface area contributed by atoms with Gasteiger partial charge in [0, 0.05) is 5.02 Å². The third-order valence-electron chi connectivity index (χ3n) is 2.71. The highest BCUT2D eigenvalue weighted by Gasteiger charge is 2.13. The lowest BCUT2D eigenvalue weighted by molar-refractivity contribution is 0.0563. The fraction of sp³-hybridized carbons (Fsp3) is 0.214. The van der Waals surface area contributed by atoms with E-state index in [9.17, 15) is 4.79 Å². The number of rotatable bonds is 5. The van der Waals surface area contributed by atoms with Crippen molar-refractivity contribution in [2.75, 3.05) is 19.5 Å². The number of hydrogen-bond acceptors (Lipinski definition) is 5. The Labute approximate surface area is 135 Å². The highest BCUT2D eigenvalue weighted by molar-refractivity contribution is 9.10. The molecule has 0 spiro atoms. The summed E-state index contributed by atoms with van der Waals surface area (Å²) >= 11 is 9.40. The van der Waals surface area contributed by atoms with Crippen LogP contribution in [0.4, 0.5) is 5.69 Å². The Kier molecular flexibility index (Phi) is 5.14. The normalized spacial score (nSPS) is 10.3. The summed E-state index contributed by atoms with van der Waals surface area (Å²) < 4.78 is 16.0. The van der Waals surface area contributed by atoms with Gasteiger partial charge in [0.25, 0.3) is 0 Å². The maximum absolute atomic E-state index is 11.3. The van der Waals surface area contributed by atoms with Gasteiger partial charge in [-0.1, -0.05) is 11.6 Å². The van der Waals surface area contributed by atoms with Crippen LogP contribution in [-0.4, -0.2) is 20.2 Å². The Morgan fingerprint density at radius 2 is 2.14 bits per heavy atom. The largest absolute Gasteiger partial charge is 0.493 e. The fourth-order valence-electron chi connectivity index (χ4n) is 1.76. The van der Waals surface area contributed by atoms with E-state index in [1.807, 2.05) is 0 Å². The van der Waals surface area contributed by atoms with E-state index in [-0.39, 0.29) is 5.76 Å². The fourth-order valence-corrected chi connectivity index (χ4v) is 2.74. The molecule has 0 bridgehead atoms. The second-order valence-electron chi connectivity index (χ2n) is 4.08. The number of carbonyl (C=O) groups excluding carboxylic acids is 1. The summed E-state index contributed by atoms with van der Waals surface area (Å²) in [6, 6.07) is 6.75. The molecule has 1 N–H and O–H groups in total. The van der Waals surface area contributed by atoms with Gasteiger partial charge in [-0.2, -0.15) is 0 Å². The molecule has 0 radical (unpaired) electrons. The van der Waals surface area contributed by atoms with Crippen molar-refractivity contribution >= 4 is 39.2 Å². The standard InChI is InChI=1S/C14H13BrClNO4/c1-19-13-10(15)5-8(16)6-11(13)17-7-9-3-4-12(21-9)14(18)20-2/h3-6,17H,7H2,1-2H3. The molecule has 21 heavy (non-hydrogen) atoms. The van der Waals surface area contributed by atoms with Gasteiger partial charge in [-0.15, -0.1) is 0 Å². The number of esters is 1. The molecule has 2 aromatic rings. The number of benzene rings is 1. The lowest BCUT2D eigenvalue weighted by Gasteiger charge is -2.12. The van der Waals surface area contributed by atoms with E-state index in [2.05, 4.69) is 26.0 Å². The van der Waals surface area contributed by atoms with Crippen LogP contribution in [0.3, 0.4) is 0 Å². The van der Waals surface area contributed by atoms with Gasteiger partial charge in [-0.05, 0) is 40.2 Å². The van der Waals surface area contributed by atoms with Crippen molar-refractivity contribution < 1.29 is 18.7 Å². The number of furan rings is 1. The first-order valence-corrected chi connectivity index (χ1v) is 7.16. The van der Waals surface area contributed by atoms with Gasteiger partial charge in [-0.3, -0.25) is 0 Å². The van der Waals surface area contributed by atoms with Crippen molar-refractivity contribution in [1.29, 1.82) is 0 Å². The maximum atomic E-state index is 11.3. The Bertz CT molecular complexity index is 656. The van der Waals surface area contributed by atoms with E-state index in [1.165, 1.54) is 7.11 Å². The van der Waals surface area contributed by atoms with E-state index in [4.69, 9.17) is 20.8 Å². The molecule has 112 valence electrons. The van der Waals surface area contributed by atoms with Crippen molar-refractivity contribution in [2.45, 2.75) is 6.54 Å². The quantitative estimate of drug-likeness (QED) is 0.798. The first kappa shape index (κ1) is 15.7. The van der Waals surface area contributed by atoms with E-state index >= 15 is 0 Å². The minimum absolute atomic E-state index is 0.161. The van der Waals surface area contributed by atoms with Crippen LogP contribution in [0.15, 0.2) is 33.2 Å². The minimum Gasteiger partial charge on any atom is -0.493 e. The van der Waals surface area contributed by atoms with Crippen LogP contribution in [0.1, 0.15) is 16.3 Å². The molecule has 1 heterocycles. The number of ether oxygens (including phenoxy) is 2. The monoisotopic (exact) mass is 373 g/mol. The first-order chi connectivity index (χ1) is 10.0. The average molecular weight is 375 g/mol. The van der Waals surface area contributed by atoms with Crippen molar-refractivity contribution in [3.8, 4) is 5.75 Å². The van der Waals surface area contributed by atoms with Crippen LogP contribution in [0.25, 0.3) is 0 Å². The van der Waals surface area contributed by atoms with Crippen LogP contribution in [0.5, 0.6) is 5.75 Å². The number of halogens is 2. The molecule has 0 aliphatic carbocycles. The second-order valence-corrected chi connectivity index (χ2v) is 5.37. The molecule has 0 saturated carbocycles. The molecule has 0 atom stereocenters. The second kappa shape index (κ2) is 6.87. The lowest BCUT2D eigenvalue weighted by atomic mass is 10.3. The number of nitrogens with one attached hydrogen (secondary N) is 1. The molecule has 7 heteroatoms. The zero-order valence-corrected chi connectivity index (χ0v) is 13.7. The predicted molar refractivity (Wildman–Crippen MR) is 83.1 cm³/mol. The predicted octanol–water partition coefficient (Wildman–Crippen LogP) is 4.10. The van der Waals surface area contributed by atoms with Crippen LogP contribution >= 0.6 is 27.5 Å². The van der Waals surface area contributed by atoms with Crippen molar-refractivity contribution in [2.24, 2.45) is 0 Å². The summed E-state index contributed by atoms with van der Waals surface area (Å²) in [6.07, 6.45) is 0. The number of methoxy groups -OCH3 is 2. The Balaban J connectivity index is 2.13. The molecule has 1 aromatic heterocycles. The topological polar surface area (TPSA) is 60.7 Å². The molecule has 0 unspecified atom stereocenters. The number of anilines is 1. The minimum atomic E-state index is -0.510. The number of hydrogen-bond donors (Lipinski definition) is 1. The SMILES string of the molecule is COC(=O)c1ccc(CNc2cc(Cl)cc(Br)c2OC)o1. The third kappa shape index (κ3) is 3.71. The van der Waals surface area contributed by atoms with Gasteiger partial charge in [0.1, 0.15) is 5.76 Å². The molecule has 0 amide bonds. The highest BCUT2D eigenvalue weighted by Crippen LogP contribution is 2.36. The zero-order chi connectivity index (χ0) is 15.4.